The van der Waals surface area contributed by atoms with Crippen molar-refractivity contribution >= 4 is 29.1 Å². The van der Waals surface area contributed by atoms with Gasteiger partial charge in [-0.15, -0.1) is 0 Å². The number of carbonyl (C=O) groups is 3. The van der Waals surface area contributed by atoms with E-state index in [1.807, 2.05) is 45.0 Å². The van der Waals surface area contributed by atoms with Crippen molar-refractivity contribution in [1.29, 1.82) is 0 Å². The molecule has 2 fully saturated rings. The Morgan fingerprint density at radius 2 is 2.06 bits per heavy atom. The van der Waals surface area contributed by atoms with Gasteiger partial charge >= 0.3 is 0 Å². The molecular formula is C24H33N5O3. The van der Waals surface area contributed by atoms with Crippen LogP contribution in [0.3, 0.4) is 0 Å². The second-order valence-corrected chi connectivity index (χ2v) is 9.91. The number of fused-ring (bicyclic) bond motifs is 1. The molecule has 172 valence electrons. The summed E-state index contributed by atoms with van der Waals surface area (Å²) < 4.78 is 0. The summed E-state index contributed by atoms with van der Waals surface area (Å²) in [6, 6.07) is 7.45. The molecule has 32 heavy (non-hydrogen) atoms. The fraction of sp³-hybridized carbons (Fsp3) is 0.583. The third-order valence-corrected chi connectivity index (χ3v) is 6.86. The van der Waals surface area contributed by atoms with Gasteiger partial charge in [-0.25, -0.2) is 5.43 Å². The molecule has 0 spiro atoms. The number of para-hydroxylation sites is 1. The molecule has 8 nitrogen and oxygen atoms in total. The van der Waals surface area contributed by atoms with E-state index in [9.17, 15) is 14.4 Å². The van der Waals surface area contributed by atoms with Gasteiger partial charge in [0.25, 0.3) is 0 Å². The molecule has 2 heterocycles. The number of likely N-dealkylation sites (tertiary alicyclic amines) is 1. The predicted molar refractivity (Wildman–Crippen MR) is 123 cm³/mol. The fourth-order valence-corrected chi connectivity index (χ4v) is 5.30. The van der Waals surface area contributed by atoms with Gasteiger partial charge < -0.3 is 10.6 Å². The summed E-state index contributed by atoms with van der Waals surface area (Å²) in [6.07, 6.45) is 2.32. The number of piperidine rings is 1. The highest BCUT2D eigenvalue weighted by atomic mass is 16.2. The van der Waals surface area contributed by atoms with Crippen LogP contribution >= 0.6 is 0 Å². The molecule has 4 rings (SSSR count). The predicted octanol–water partition coefficient (Wildman–Crippen LogP) is 1.97. The minimum absolute atomic E-state index is 0.0127. The molecule has 3 amide bonds. The highest BCUT2D eigenvalue weighted by Crippen LogP contribution is 2.62. The van der Waals surface area contributed by atoms with Gasteiger partial charge in [-0.1, -0.05) is 32.0 Å². The molecule has 1 unspecified atom stereocenters. The summed E-state index contributed by atoms with van der Waals surface area (Å²) in [4.78, 5) is 40.3. The lowest BCUT2D eigenvalue weighted by Crippen LogP contribution is -2.40. The first-order valence-corrected chi connectivity index (χ1v) is 11.5. The maximum Gasteiger partial charge on any atom is 0.245 e. The van der Waals surface area contributed by atoms with Gasteiger partial charge in [0.1, 0.15) is 0 Å². The molecule has 1 saturated heterocycles. The molecule has 1 saturated carbocycles. The zero-order valence-electron chi connectivity index (χ0n) is 19.3. The van der Waals surface area contributed by atoms with Crippen molar-refractivity contribution in [1.82, 2.24) is 15.6 Å². The number of amides is 3. The summed E-state index contributed by atoms with van der Waals surface area (Å²) in [7, 11) is 0. The van der Waals surface area contributed by atoms with Gasteiger partial charge in [-0.3, -0.25) is 19.3 Å². The van der Waals surface area contributed by atoms with Crippen molar-refractivity contribution < 1.29 is 14.4 Å². The monoisotopic (exact) mass is 439 g/mol. The molecule has 3 aliphatic rings. The van der Waals surface area contributed by atoms with E-state index >= 15 is 0 Å². The van der Waals surface area contributed by atoms with Crippen LogP contribution in [0.4, 0.5) is 5.69 Å². The molecule has 1 aromatic carbocycles. The van der Waals surface area contributed by atoms with Crippen molar-refractivity contribution in [2.75, 3.05) is 25.0 Å². The second kappa shape index (κ2) is 8.65. The van der Waals surface area contributed by atoms with Crippen LogP contribution in [0, 0.1) is 23.2 Å². The third-order valence-electron chi connectivity index (χ3n) is 6.86. The second-order valence-electron chi connectivity index (χ2n) is 9.91. The first-order valence-electron chi connectivity index (χ1n) is 11.5. The Balaban J connectivity index is 1.55. The van der Waals surface area contributed by atoms with Gasteiger partial charge in [0, 0.05) is 29.3 Å². The number of hydrazone groups is 1. The van der Waals surface area contributed by atoms with E-state index < -0.39 is 17.3 Å². The lowest BCUT2D eigenvalue weighted by Gasteiger charge is -2.30. The Hall–Kier alpha value is -2.74. The normalized spacial score (nSPS) is 29.6. The Morgan fingerprint density at radius 1 is 1.31 bits per heavy atom. The number of nitrogens with zero attached hydrogens (tertiary/aromatic N) is 2. The quantitative estimate of drug-likeness (QED) is 0.631. The largest absolute Gasteiger partial charge is 0.354 e. The average molecular weight is 440 g/mol. The van der Waals surface area contributed by atoms with Crippen LogP contribution in [0.2, 0.25) is 0 Å². The van der Waals surface area contributed by atoms with Gasteiger partial charge in [0.2, 0.25) is 17.7 Å². The van der Waals surface area contributed by atoms with E-state index in [1.54, 1.807) is 0 Å². The molecule has 0 bridgehead atoms. The smallest absolute Gasteiger partial charge is 0.245 e. The van der Waals surface area contributed by atoms with Crippen molar-refractivity contribution in [3.05, 3.63) is 29.8 Å². The lowest BCUT2D eigenvalue weighted by molar-refractivity contribution is -0.127. The lowest BCUT2D eigenvalue weighted by atomic mass is 9.89. The van der Waals surface area contributed by atoms with E-state index in [2.05, 4.69) is 33.0 Å². The van der Waals surface area contributed by atoms with E-state index in [1.165, 1.54) is 6.42 Å². The zero-order chi connectivity index (χ0) is 23.0. The highest BCUT2D eigenvalue weighted by molar-refractivity contribution is 6.19. The van der Waals surface area contributed by atoms with E-state index in [0.717, 1.165) is 25.1 Å². The van der Waals surface area contributed by atoms with Gasteiger partial charge in [-0.05, 0) is 45.2 Å². The Kier molecular flexibility index (Phi) is 6.07. The molecule has 4 atom stereocenters. The fourth-order valence-electron chi connectivity index (χ4n) is 5.30. The molecule has 3 N–H and O–H groups in total. The van der Waals surface area contributed by atoms with Gasteiger partial charge in [0.05, 0.1) is 24.1 Å². The summed E-state index contributed by atoms with van der Waals surface area (Å²) in [6.45, 7) is 10.1. The number of rotatable bonds is 6. The third kappa shape index (κ3) is 4.16. The number of hydrogen-bond acceptors (Lipinski definition) is 5. The van der Waals surface area contributed by atoms with Crippen LogP contribution in [0.25, 0.3) is 0 Å². The molecule has 1 aromatic rings. The molecule has 0 aromatic heterocycles. The van der Waals surface area contributed by atoms with Crippen LogP contribution < -0.4 is 16.1 Å². The van der Waals surface area contributed by atoms with Crippen molar-refractivity contribution in [2.24, 2.45) is 28.3 Å². The van der Waals surface area contributed by atoms with Gasteiger partial charge in [-0.2, -0.15) is 5.10 Å². The summed E-state index contributed by atoms with van der Waals surface area (Å²) >= 11 is 0. The highest BCUT2D eigenvalue weighted by Gasteiger charge is 2.72. The first-order chi connectivity index (χ1) is 15.2. The number of benzene rings is 1. The number of hydrogen-bond donors (Lipinski definition) is 3. The summed E-state index contributed by atoms with van der Waals surface area (Å²) in [5.74, 6) is -0.792. The maximum atomic E-state index is 12.8. The van der Waals surface area contributed by atoms with Crippen molar-refractivity contribution in [2.45, 2.75) is 46.6 Å². The first kappa shape index (κ1) is 22.5. The maximum absolute atomic E-state index is 12.8. The average Bonchev–Trinajstić information content (AvgIpc) is 3.36. The standard InChI is InChI=1S/C24H33N5O3/c1-14(2)25-22(31)19-20-23(32)28-27-21(24(19,20)4)16-9-5-6-10-17(16)26-18(30)13-29-11-7-8-15(3)12-29/h5-6,9-10,14-15,19-20H,7-8,11-13H2,1-4H3,(H,25,31)(H,26,30)(H,28,32)/t15?,19-,20+,24+/m0/s1. The zero-order valence-corrected chi connectivity index (χ0v) is 19.3. The molecule has 1 aliphatic carbocycles. The van der Waals surface area contributed by atoms with Crippen LogP contribution in [0.15, 0.2) is 29.4 Å². The minimum atomic E-state index is -0.704. The summed E-state index contributed by atoms with van der Waals surface area (Å²) in [5, 5.41) is 10.3. The van der Waals surface area contributed by atoms with Crippen LogP contribution in [-0.2, 0) is 14.4 Å². The number of anilines is 1. The minimum Gasteiger partial charge on any atom is -0.354 e. The number of carbonyl (C=O) groups excluding carboxylic acids is 3. The van der Waals surface area contributed by atoms with E-state index in [-0.39, 0.29) is 23.8 Å². The Morgan fingerprint density at radius 3 is 2.78 bits per heavy atom. The Labute approximate surface area is 189 Å². The summed E-state index contributed by atoms with van der Waals surface area (Å²) in [5.41, 5.74) is 3.90. The molecule has 0 radical (unpaired) electrons. The molecular weight excluding hydrogens is 406 g/mol. The van der Waals surface area contributed by atoms with Crippen molar-refractivity contribution in [3.8, 4) is 0 Å². The van der Waals surface area contributed by atoms with Gasteiger partial charge in [0.15, 0.2) is 0 Å². The van der Waals surface area contributed by atoms with E-state index in [0.29, 0.717) is 23.9 Å². The van der Waals surface area contributed by atoms with Crippen molar-refractivity contribution in [3.63, 3.8) is 0 Å². The Bertz CT molecular complexity index is 959. The SMILES string of the molecule is CC1CCCN(CC(=O)Nc2ccccc2C2=NNC(=O)[C@H]3[C@@H](C(=O)NC(C)C)[C@@]23C)C1. The number of nitrogens with one attached hydrogen (secondary N) is 3. The molecule has 2 aliphatic heterocycles. The van der Waals surface area contributed by atoms with Crippen LogP contribution in [0.1, 0.15) is 46.1 Å². The van der Waals surface area contributed by atoms with Crippen LogP contribution in [-0.4, -0.2) is 54.0 Å². The van der Waals surface area contributed by atoms with E-state index in [4.69, 9.17) is 0 Å². The molecule has 8 heteroatoms. The van der Waals surface area contributed by atoms with Crippen LogP contribution in [0.5, 0.6) is 0 Å². The topological polar surface area (TPSA) is 103 Å².